The molecule has 0 N–H and O–H groups in total. The summed E-state index contributed by atoms with van der Waals surface area (Å²) in [7, 11) is 0. The summed E-state index contributed by atoms with van der Waals surface area (Å²) in [5, 5.41) is 8.21. The molecule has 1 aromatic heterocycles. The van der Waals surface area contributed by atoms with Crippen LogP contribution in [0, 0.1) is 6.92 Å². The molecule has 1 aliphatic rings. The molecule has 0 bridgehead atoms. The smallest absolute Gasteiger partial charge is 0.220 e. The lowest BCUT2D eigenvalue weighted by molar-refractivity contribution is 0.381. The Bertz CT molecular complexity index is 630. The van der Waals surface area contributed by atoms with Crippen molar-refractivity contribution in [1.29, 1.82) is 0 Å². The van der Waals surface area contributed by atoms with Crippen LogP contribution in [0.4, 0.5) is 0 Å². The molecular weight excluding hydrogens is 316 g/mol. The van der Waals surface area contributed by atoms with Crippen LogP contribution in [0.25, 0.3) is 0 Å². The van der Waals surface area contributed by atoms with Crippen LogP contribution >= 0.6 is 15.9 Å². The second-order valence-electron chi connectivity index (χ2n) is 5.41. The lowest BCUT2D eigenvalue weighted by Crippen LogP contribution is -2.15. The van der Waals surface area contributed by atoms with Gasteiger partial charge in [0.15, 0.2) is 0 Å². The Labute approximate surface area is 127 Å². The molecule has 0 fully saturated rings. The highest BCUT2D eigenvalue weighted by Gasteiger charge is 2.31. The van der Waals surface area contributed by atoms with Gasteiger partial charge in [-0.3, -0.25) is 0 Å². The van der Waals surface area contributed by atoms with Gasteiger partial charge < -0.3 is 4.42 Å². The average molecular weight is 333 g/mol. The summed E-state index contributed by atoms with van der Waals surface area (Å²) in [5.41, 5.74) is 2.77. The van der Waals surface area contributed by atoms with E-state index in [1.807, 2.05) is 6.92 Å². The van der Waals surface area contributed by atoms with E-state index in [4.69, 9.17) is 4.42 Å². The van der Waals surface area contributed by atoms with E-state index in [2.05, 4.69) is 63.4 Å². The molecule has 0 saturated heterocycles. The first kappa shape index (κ1) is 13.6. The van der Waals surface area contributed by atoms with E-state index in [0.717, 1.165) is 23.2 Å². The first-order valence-electron chi connectivity index (χ1n) is 6.84. The van der Waals surface area contributed by atoms with E-state index in [1.165, 1.54) is 11.1 Å². The molecule has 2 atom stereocenters. The molecule has 20 heavy (non-hydrogen) atoms. The third-order valence-corrected chi connectivity index (χ3v) is 4.43. The fourth-order valence-electron chi connectivity index (χ4n) is 2.86. The minimum atomic E-state index is 0.279. The highest BCUT2D eigenvalue weighted by atomic mass is 79.9. The maximum absolute atomic E-state index is 5.67. The van der Waals surface area contributed by atoms with E-state index in [-0.39, 0.29) is 5.92 Å². The molecule has 3 rings (SSSR count). The van der Waals surface area contributed by atoms with Gasteiger partial charge in [0.25, 0.3) is 0 Å². The number of rotatable bonds is 2. The van der Waals surface area contributed by atoms with Gasteiger partial charge in [-0.1, -0.05) is 39.7 Å². The van der Waals surface area contributed by atoms with Gasteiger partial charge in [0.1, 0.15) is 0 Å². The molecule has 1 aliphatic carbocycles. The first-order valence-corrected chi connectivity index (χ1v) is 7.64. The topological polar surface area (TPSA) is 38.9 Å². The van der Waals surface area contributed by atoms with E-state index in [1.54, 1.807) is 0 Å². The van der Waals surface area contributed by atoms with Gasteiger partial charge in [0, 0.05) is 17.3 Å². The number of hydrogen-bond acceptors (Lipinski definition) is 3. The SMILES string of the molecule is CC1=CCC(c2nnc(C)o2)C(c2ccc(Br)cc2)C1. The minimum absolute atomic E-state index is 0.279. The predicted octanol–water partition coefficient (Wildman–Crippen LogP) is 4.75. The van der Waals surface area contributed by atoms with Crippen molar-refractivity contribution in [2.45, 2.75) is 38.5 Å². The van der Waals surface area contributed by atoms with E-state index >= 15 is 0 Å². The third-order valence-electron chi connectivity index (χ3n) is 3.90. The van der Waals surface area contributed by atoms with Crippen LogP contribution in [0.15, 0.2) is 44.8 Å². The Morgan fingerprint density at radius 3 is 2.50 bits per heavy atom. The maximum Gasteiger partial charge on any atom is 0.220 e. The zero-order valence-corrected chi connectivity index (χ0v) is 13.2. The highest BCUT2D eigenvalue weighted by Crippen LogP contribution is 2.43. The monoisotopic (exact) mass is 332 g/mol. The van der Waals surface area contributed by atoms with Crippen LogP contribution in [-0.4, -0.2) is 10.2 Å². The molecule has 0 spiro atoms. The number of hydrogen-bond donors (Lipinski definition) is 0. The summed E-state index contributed by atoms with van der Waals surface area (Å²) < 4.78 is 6.78. The largest absolute Gasteiger partial charge is 0.425 e. The van der Waals surface area contributed by atoms with Crippen LogP contribution in [0.3, 0.4) is 0 Å². The second kappa shape index (κ2) is 5.52. The van der Waals surface area contributed by atoms with Gasteiger partial charge in [-0.25, -0.2) is 0 Å². The molecule has 4 heteroatoms. The zero-order chi connectivity index (χ0) is 14.1. The lowest BCUT2D eigenvalue weighted by Gasteiger charge is -2.28. The van der Waals surface area contributed by atoms with Crippen LogP contribution in [-0.2, 0) is 0 Å². The third kappa shape index (κ3) is 2.70. The molecule has 0 amide bonds. The molecule has 0 saturated carbocycles. The summed E-state index contributed by atoms with van der Waals surface area (Å²) in [5.74, 6) is 2.09. The summed E-state index contributed by atoms with van der Waals surface area (Å²) in [6.45, 7) is 4.04. The summed E-state index contributed by atoms with van der Waals surface area (Å²) in [6, 6.07) is 8.56. The average Bonchev–Trinajstić information content (AvgIpc) is 2.86. The number of halogens is 1. The number of aromatic nitrogens is 2. The van der Waals surface area contributed by atoms with Gasteiger partial charge in [0.2, 0.25) is 11.8 Å². The number of nitrogens with zero attached hydrogens (tertiary/aromatic N) is 2. The Hall–Kier alpha value is -1.42. The van der Waals surface area contributed by atoms with E-state index in [9.17, 15) is 0 Å². The highest BCUT2D eigenvalue weighted by molar-refractivity contribution is 9.10. The second-order valence-corrected chi connectivity index (χ2v) is 6.33. The van der Waals surface area contributed by atoms with E-state index in [0.29, 0.717) is 11.8 Å². The molecule has 104 valence electrons. The van der Waals surface area contributed by atoms with Crippen LogP contribution < -0.4 is 0 Å². The van der Waals surface area contributed by atoms with Crippen LogP contribution in [0.1, 0.15) is 48.9 Å². The summed E-state index contributed by atoms with van der Waals surface area (Å²) >= 11 is 3.49. The van der Waals surface area contributed by atoms with Crippen molar-refractivity contribution < 1.29 is 4.42 Å². The van der Waals surface area contributed by atoms with Crippen molar-refractivity contribution in [3.8, 4) is 0 Å². The molecule has 2 unspecified atom stereocenters. The van der Waals surface area contributed by atoms with Crippen LogP contribution in [0.5, 0.6) is 0 Å². The first-order chi connectivity index (χ1) is 9.63. The lowest BCUT2D eigenvalue weighted by atomic mass is 9.76. The van der Waals surface area contributed by atoms with Crippen molar-refractivity contribution in [2.75, 3.05) is 0 Å². The molecule has 1 heterocycles. The van der Waals surface area contributed by atoms with Crippen molar-refractivity contribution in [2.24, 2.45) is 0 Å². The molecular formula is C16H17BrN2O. The van der Waals surface area contributed by atoms with Gasteiger partial charge in [-0.15, -0.1) is 10.2 Å². The fraction of sp³-hybridized carbons (Fsp3) is 0.375. The molecule has 0 aliphatic heterocycles. The summed E-state index contributed by atoms with van der Waals surface area (Å²) in [4.78, 5) is 0. The van der Waals surface area contributed by atoms with Crippen molar-refractivity contribution in [3.05, 3.63) is 57.7 Å². The Morgan fingerprint density at radius 2 is 1.85 bits per heavy atom. The number of benzene rings is 1. The zero-order valence-electron chi connectivity index (χ0n) is 11.6. The molecule has 2 aromatic rings. The molecule has 1 aromatic carbocycles. The van der Waals surface area contributed by atoms with E-state index < -0.39 is 0 Å². The van der Waals surface area contributed by atoms with Crippen LogP contribution in [0.2, 0.25) is 0 Å². The standard InChI is InChI=1S/C16H17BrN2O/c1-10-3-8-14(16-19-18-11(2)20-16)15(9-10)12-4-6-13(17)7-5-12/h3-7,14-15H,8-9H2,1-2H3. The fourth-order valence-corrected chi connectivity index (χ4v) is 3.12. The summed E-state index contributed by atoms with van der Waals surface area (Å²) in [6.07, 6.45) is 4.31. The van der Waals surface area contributed by atoms with Gasteiger partial charge in [0.05, 0.1) is 0 Å². The molecule has 3 nitrogen and oxygen atoms in total. The predicted molar refractivity (Wildman–Crippen MR) is 81.7 cm³/mol. The minimum Gasteiger partial charge on any atom is -0.425 e. The van der Waals surface area contributed by atoms with Gasteiger partial charge >= 0.3 is 0 Å². The maximum atomic E-state index is 5.67. The van der Waals surface area contributed by atoms with Gasteiger partial charge in [-0.2, -0.15) is 0 Å². The van der Waals surface area contributed by atoms with Gasteiger partial charge in [-0.05, 0) is 43.4 Å². The number of aryl methyl sites for hydroxylation is 1. The molecule has 0 radical (unpaired) electrons. The quantitative estimate of drug-likeness (QED) is 0.745. The Morgan fingerprint density at radius 1 is 1.10 bits per heavy atom. The normalized spacial score (nSPS) is 22.6. The van der Waals surface area contributed by atoms with Crippen molar-refractivity contribution in [1.82, 2.24) is 10.2 Å². The Kier molecular flexibility index (Phi) is 3.74. The number of allylic oxidation sites excluding steroid dienone is 2. The van der Waals surface area contributed by atoms with Crippen molar-refractivity contribution in [3.63, 3.8) is 0 Å². The Balaban J connectivity index is 1.96. The van der Waals surface area contributed by atoms with Crippen molar-refractivity contribution >= 4 is 15.9 Å².